The van der Waals surface area contributed by atoms with Crippen LogP contribution in [0.2, 0.25) is 0 Å². The van der Waals surface area contributed by atoms with Crippen molar-refractivity contribution in [1.82, 2.24) is 9.97 Å². The van der Waals surface area contributed by atoms with Gasteiger partial charge in [-0.15, -0.1) is 0 Å². The molecule has 3 aromatic carbocycles. The van der Waals surface area contributed by atoms with Gasteiger partial charge in [0.25, 0.3) is 0 Å². The lowest BCUT2D eigenvalue weighted by molar-refractivity contribution is 0.397. The number of fused-ring (bicyclic) bond motifs is 6. The zero-order valence-corrected chi connectivity index (χ0v) is 17.4. The maximum absolute atomic E-state index is 5.85. The molecule has 0 aliphatic rings. The monoisotopic (exact) mass is 406 g/mol. The van der Waals surface area contributed by atoms with E-state index in [1.807, 2.05) is 24.3 Å². The number of nitrogens with one attached hydrogen (secondary N) is 2. The van der Waals surface area contributed by atoms with Crippen molar-refractivity contribution in [3.05, 3.63) is 30.3 Å². The van der Waals surface area contributed by atoms with Gasteiger partial charge in [-0.3, -0.25) is 0 Å². The summed E-state index contributed by atoms with van der Waals surface area (Å²) in [4.78, 5) is 6.95. The standard InChI is InChI=1S/C23H22N2O5/c1-26-11-6-13-15-10-16-14-7-12(27-2)9-18(29-4)20(14)25-22(16)23(30-5)21(15)24-19(13)17(8-11)28-3/h6-10,24-25H,1-5H3. The summed E-state index contributed by atoms with van der Waals surface area (Å²) in [6.45, 7) is 0. The number of ether oxygens (including phenoxy) is 5. The molecule has 0 radical (unpaired) electrons. The molecule has 7 nitrogen and oxygen atoms in total. The van der Waals surface area contributed by atoms with Gasteiger partial charge in [-0.25, -0.2) is 0 Å². The fourth-order valence-corrected chi connectivity index (χ4v) is 4.21. The smallest absolute Gasteiger partial charge is 0.166 e. The molecule has 0 saturated carbocycles. The van der Waals surface area contributed by atoms with Crippen LogP contribution in [0.25, 0.3) is 43.6 Å². The van der Waals surface area contributed by atoms with Gasteiger partial charge in [0.05, 0.1) is 57.6 Å². The minimum atomic E-state index is 0.708. The van der Waals surface area contributed by atoms with Crippen LogP contribution in [0.15, 0.2) is 30.3 Å². The Balaban J connectivity index is 1.99. The first kappa shape index (κ1) is 18.3. The number of aromatic amines is 2. The summed E-state index contributed by atoms with van der Waals surface area (Å²) in [5, 5.41) is 4.00. The second-order valence-corrected chi connectivity index (χ2v) is 7.01. The number of methoxy groups -OCH3 is 5. The van der Waals surface area contributed by atoms with E-state index in [-0.39, 0.29) is 0 Å². The Bertz CT molecular complexity index is 1330. The van der Waals surface area contributed by atoms with Crippen LogP contribution >= 0.6 is 0 Å². The molecule has 5 aromatic rings. The van der Waals surface area contributed by atoms with Crippen molar-refractivity contribution < 1.29 is 23.7 Å². The highest BCUT2D eigenvalue weighted by molar-refractivity contribution is 6.22. The van der Waals surface area contributed by atoms with Gasteiger partial charge < -0.3 is 33.7 Å². The van der Waals surface area contributed by atoms with Gasteiger partial charge in [0.1, 0.15) is 23.0 Å². The first-order valence-electron chi connectivity index (χ1n) is 9.45. The van der Waals surface area contributed by atoms with Gasteiger partial charge in [0, 0.05) is 33.7 Å². The molecule has 2 N–H and O–H groups in total. The van der Waals surface area contributed by atoms with Gasteiger partial charge >= 0.3 is 0 Å². The van der Waals surface area contributed by atoms with Gasteiger partial charge in [-0.1, -0.05) is 0 Å². The number of hydrogen-bond acceptors (Lipinski definition) is 5. The maximum Gasteiger partial charge on any atom is 0.166 e. The third-order valence-electron chi connectivity index (χ3n) is 5.63. The van der Waals surface area contributed by atoms with Crippen molar-refractivity contribution in [1.29, 1.82) is 0 Å². The molecule has 0 spiro atoms. The van der Waals surface area contributed by atoms with E-state index in [0.717, 1.165) is 60.9 Å². The van der Waals surface area contributed by atoms with E-state index in [1.165, 1.54) is 0 Å². The van der Waals surface area contributed by atoms with E-state index in [4.69, 9.17) is 23.7 Å². The van der Waals surface area contributed by atoms with E-state index < -0.39 is 0 Å². The Hall–Kier alpha value is -3.74. The molecule has 2 heterocycles. The lowest BCUT2D eigenvalue weighted by Crippen LogP contribution is -1.88. The van der Waals surface area contributed by atoms with E-state index in [2.05, 4.69) is 16.0 Å². The van der Waals surface area contributed by atoms with E-state index >= 15 is 0 Å². The molecule has 0 atom stereocenters. The third-order valence-corrected chi connectivity index (χ3v) is 5.63. The molecule has 154 valence electrons. The Morgan fingerprint density at radius 3 is 1.27 bits per heavy atom. The van der Waals surface area contributed by atoms with Crippen LogP contribution in [-0.2, 0) is 0 Å². The molecular weight excluding hydrogens is 384 g/mol. The quantitative estimate of drug-likeness (QED) is 0.430. The highest BCUT2D eigenvalue weighted by atomic mass is 16.5. The minimum absolute atomic E-state index is 0.708. The summed E-state index contributed by atoms with van der Waals surface area (Å²) in [7, 11) is 8.25. The SMILES string of the molecule is COc1cc(OC)c2[nH]c3c(OC)c4[nH]c5c(OC)cc(OC)cc5c4cc3c2c1. The predicted molar refractivity (Wildman–Crippen MR) is 118 cm³/mol. The summed E-state index contributed by atoms with van der Waals surface area (Å²) >= 11 is 0. The molecule has 0 fully saturated rings. The van der Waals surface area contributed by atoms with Crippen LogP contribution in [0, 0.1) is 0 Å². The highest BCUT2D eigenvalue weighted by Crippen LogP contribution is 2.45. The summed E-state index contributed by atoms with van der Waals surface area (Å²) in [5.74, 6) is 3.58. The van der Waals surface area contributed by atoms with E-state index in [0.29, 0.717) is 11.5 Å². The molecule has 5 rings (SSSR count). The van der Waals surface area contributed by atoms with Crippen LogP contribution in [0.3, 0.4) is 0 Å². The van der Waals surface area contributed by atoms with Crippen molar-refractivity contribution in [2.45, 2.75) is 0 Å². The lowest BCUT2D eigenvalue weighted by atomic mass is 10.1. The average molecular weight is 406 g/mol. The second kappa shape index (κ2) is 6.66. The third kappa shape index (κ3) is 2.38. The average Bonchev–Trinajstić information content (AvgIpc) is 3.34. The Morgan fingerprint density at radius 1 is 0.467 bits per heavy atom. The van der Waals surface area contributed by atoms with Crippen molar-refractivity contribution in [2.75, 3.05) is 35.5 Å². The van der Waals surface area contributed by atoms with Crippen molar-refractivity contribution in [3.63, 3.8) is 0 Å². The highest BCUT2D eigenvalue weighted by Gasteiger charge is 2.21. The zero-order valence-electron chi connectivity index (χ0n) is 17.4. The minimum Gasteiger partial charge on any atom is -0.497 e. The van der Waals surface area contributed by atoms with Crippen LogP contribution in [0.4, 0.5) is 0 Å². The van der Waals surface area contributed by atoms with Crippen LogP contribution in [0.5, 0.6) is 28.7 Å². The molecule has 0 bridgehead atoms. The van der Waals surface area contributed by atoms with Crippen LogP contribution < -0.4 is 23.7 Å². The van der Waals surface area contributed by atoms with Gasteiger partial charge in [-0.05, 0) is 18.2 Å². The number of rotatable bonds is 5. The van der Waals surface area contributed by atoms with Crippen molar-refractivity contribution in [2.24, 2.45) is 0 Å². The zero-order chi connectivity index (χ0) is 21.0. The molecule has 0 aliphatic heterocycles. The summed E-state index contributed by atoms with van der Waals surface area (Å²) in [6, 6.07) is 9.86. The molecule has 30 heavy (non-hydrogen) atoms. The molecule has 0 saturated heterocycles. The second-order valence-electron chi connectivity index (χ2n) is 7.01. The lowest BCUT2D eigenvalue weighted by Gasteiger charge is -2.06. The summed E-state index contributed by atoms with van der Waals surface area (Å²) in [5.41, 5.74) is 3.53. The molecule has 0 unspecified atom stereocenters. The number of H-pyrrole nitrogens is 2. The fourth-order valence-electron chi connectivity index (χ4n) is 4.21. The number of hydrogen-bond donors (Lipinski definition) is 2. The number of benzene rings is 3. The Morgan fingerprint density at radius 2 is 0.900 bits per heavy atom. The van der Waals surface area contributed by atoms with Gasteiger partial charge in [-0.2, -0.15) is 0 Å². The van der Waals surface area contributed by atoms with Crippen molar-refractivity contribution in [3.8, 4) is 28.7 Å². The van der Waals surface area contributed by atoms with Gasteiger partial charge in [0.15, 0.2) is 5.75 Å². The molecule has 7 heteroatoms. The first-order chi connectivity index (χ1) is 14.6. The van der Waals surface area contributed by atoms with Gasteiger partial charge in [0.2, 0.25) is 0 Å². The normalized spacial score (nSPS) is 11.5. The predicted octanol–water partition coefficient (Wildman–Crippen LogP) is 5.00. The molecule has 2 aromatic heterocycles. The van der Waals surface area contributed by atoms with E-state index in [1.54, 1.807) is 35.5 Å². The molecule has 0 aliphatic carbocycles. The maximum atomic E-state index is 5.85. The van der Waals surface area contributed by atoms with E-state index in [9.17, 15) is 0 Å². The Labute approximate surface area is 172 Å². The first-order valence-corrected chi connectivity index (χ1v) is 9.45. The Kier molecular flexibility index (Phi) is 4.06. The summed E-state index contributed by atoms with van der Waals surface area (Å²) in [6.07, 6.45) is 0. The number of aromatic nitrogens is 2. The van der Waals surface area contributed by atoms with Crippen LogP contribution in [0.1, 0.15) is 0 Å². The molecular formula is C23H22N2O5. The summed E-state index contributed by atoms with van der Waals surface area (Å²) < 4.78 is 28.0. The van der Waals surface area contributed by atoms with Crippen LogP contribution in [-0.4, -0.2) is 45.5 Å². The fraction of sp³-hybridized carbons (Fsp3) is 0.217. The largest absolute Gasteiger partial charge is 0.497 e. The topological polar surface area (TPSA) is 77.7 Å². The molecule has 0 amide bonds. The van der Waals surface area contributed by atoms with Crippen molar-refractivity contribution >= 4 is 43.6 Å².